The summed E-state index contributed by atoms with van der Waals surface area (Å²) in [5, 5.41) is 5.36. The zero-order valence-electron chi connectivity index (χ0n) is 13.9. The molecule has 0 saturated carbocycles. The van der Waals surface area contributed by atoms with Gasteiger partial charge in [-0.05, 0) is 42.9 Å². The lowest BCUT2D eigenvalue weighted by Crippen LogP contribution is -2.27. The molecule has 1 heterocycles. The molecule has 0 aliphatic carbocycles. The minimum atomic E-state index is -3.54. The number of sulfonamides is 1. The van der Waals surface area contributed by atoms with Crippen LogP contribution in [0.3, 0.4) is 0 Å². The van der Waals surface area contributed by atoms with E-state index in [2.05, 4.69) is 15.4 Å². The molecule has 0 spiro atoms. The van der Waals surface area contributed by atoms with E-state index < -0.39 is 10.0 Å². The predicted octanol–water partition coefficient (Wildman–Crippen LogP) is 0.856. The van der Waals surface area contributed by atoms with Crippen molar-refractivity contribution in [2.24, 2.45) is 0 Å². The molecule has 2 amide bonds. The molecular weight excluding hydrogens is 358 g/mol. The standard InChI is InChI=1S/C17H17N3O5S/c1-18-26(23,24)13-4-2-3-11(7-13)9-19-17(22)12-5-6-15-14(8-12)20-16(21)10-25-15/h2-8,18H,9-10H2,1H3,(H,19,22)(H,20,21). The Morgan fingerprint density at radius 1 is 1.23 bits per heavy atom. The van der Waals surface area contributed by atoms with Crippen LogP contribution in [0.15, 0.2) is 47.4 Å². The fourth-order valence-corrected chi connectivity index (χ4v) is 3.25. The number of amides is 2. The second-order valence-corrected chi connectivity index (χ2v) is 7.47. The molecule has 8 nitrogen and oxygen atoms in total. The van der Waals surface area contributed by atoms with Gasteiger partial charge in [0, 0.05) is 12.1 Å². The van der Waals surface area contributed by atoms with E-state index >= 15 is 0 Å². The molecule has 1 aliphatic rings. The first-order valence-corrected chi connectivity index (χ1v) is 9.25. The number of rotatable bonds is 5. The summed E-state index contributed by atoms with van der Waals surface area (Å²) in [6.45, 7) is 0.107. The van der Waals surface area contributed by atoms with E-state index in [9.17, 15) is 18.0 Å². The van der Waals surface area contributed by atoms with E-state index in [0.717, 1.165) is 0 Å². The molecule has 0 saturated heterocycles. The van der Waals surface area contributed by atoms with Crippen molar-refractivity contribution < 1.29 is 22.7 Å². The molecule has 0 atom stereocenters. The molecule has 9 heteroatoms. The van der Waals surface area contributed by atoms with Crippen molar-refractivity contribution in [2.45, 2.75) is 11.4 Å². The lowest BCUT2D eigenvalue weighted by molar-refractivity contribution is -0.118. The number of carbonyl (C=O) groups is 2. The number of benzene rings is 2. The van der Waals surface area contributed by atoms with Gasteiger partial charge < -0.3 is 15.4 Å². The van der Waals surface area contributed by atoms with Crippen LogP contribution in [0.4, 0.5) is 5.69 Å². The van der Waals surface area contributed by atoms with Crippen LogP contribution in [0.25, 0.3) is 0 Å². The Labute approximate surface area is 150 Å². The maximum absolute atomic E-state index is 12.3. The van der Waals surface area contributed by atoms with Crippen molar-refractivity contribution in [3.8, 4) is 5.75 Å². The lowest BCUT2D eigenvalue weighted by atomic mass is 10.1. The lowest BCUT2D eigenvalue weighted by Gasteiger charge is -2.18. The molecule has 2 aromatic carbocycles. The molecule has 0 bridgehead atoms. The minimum absolute atomic E-state index is 0.0512. The average molecular weight is 375 g/mol. The van der Waals surface area contributed by atoms with E-state index in [1.807, 2.05) is 0 Å². The SMILES string of the molecule is CNS(=O)(=O)c1cccc(CNC(=O)c2ccc3c(c2)NC(=O)CO3)c1. The summed E-state index contributed by atoms with van der Waals surface area (Å²) in [7, 11) is -2.21. The molecule has 0 unspecified atom stereocenters. The minimum Gasteiger partial charge on any atom is -0.482 e. The molecule has 0 aromatic heterocycles. The van der Waals surface area contributed by atoms with Crippen molar-refractivity contribution in [3.63, 3.8) is 0 Å². The number of anilines is 1. The quantitative estimate of drug-likeness (QED) is 0.717. The number of hydrogen-bond acceptors (Lipinski definition) is 5. The highest BCUT2D eigenvalue weighted by Crippen LogP contribution is 2.28. The van der Waals surface area contributed by atoms with Crippen molar-refractivity contribution in [2.75, 3.05) is 19.0 Å². The van der Waals surface area contributed by atoms with Gasteiger partial charge in [-0.15, -0.1) is 0 Å². The number of carbonyl (C=O) groups excluding carboxylic acids is 2. The highest BCUT2D eigenvalue weighted by atomic mass is 32.2. The second kappa shape index (κ2) is 7.14. The molecular formula is C17H17N3O5S. The Balaban J connectivity index is 1.71. The zero-order chi connectivity index (χ0) is 18.7. The third-order valence-electron chi connectivity index (χ3n) is 3.81. The number of ether oxygens (including phenoxy) is 1. The summed E-state index contributed by atoms with van der Waals surface area (Å²) < 4.78 is 31.2. The van der Waals surface area contributed by atoms with Crippen molar-refractivity contribution in [3.05, 3.63) is 53.6 Å². The van der Waals surface area contributed by atoms with Gasteiger partial charge in [0.15, 0.2) is 6.61 Å². The number of nitrogens with one attached hydrogen (secondary N) is 3. The van der Waals surface area contributed by atoms with Crippen LogP contribution in [0, 0.1) is 0 Å². The van der Waals surface area contributed by atoms with Gasteiger partial charge in [0.1, 0.15) is 5.75 Å². The van der Waals surface area contributed by atoms with Gasteiger partial charge in [-0.2, -0.15) is 0 Å². The summed E-state index contributed by atoms with van der Waals surface area (Å²) >= 11 is 0. The Hall–Kier alpha value is -2.91. The van der Waals surface area contributed by atoms with E-state index in [4.69, 9.17) is 4.74 Å². The summed E-state index contributed by atoms with van der Waals surface area (Å²) in [6, 6.07) is 11.0. The molecule has 1 aliphatic heterocycles. The normalized spacial score (nSPS) is 13.3. The van der Waals surface area contributed by atoms with Gasteiger partial charge in [0.2, 0.25) is 10.0 Å². The molecule has 0 fully saturated rings. The van der Waals surface area contributed by atoms with Crippen molar-refractivity contribution in [1.82, 2.24) is 10.0 Å². The van der Waals surface area contributed by atoms with Crippen molar-refractivity contribution >= 4 is 27.5 Å². The van der Waals surface area contributed by atoms with Gasteiger partial charge >= 0.3 is 0 Å². The number of hydrogen-bond donors (Lipinski definition) is 3. The summed E-state index contributed by atoms with van der Waals surface area (Å²) in [4.78, 5) is 23.8. The Kier molecular flexibility index (Phi) is 4.92. The Morgan fingerprint density at radius 3 is 2.81 bits per heavy atom. The molecule has 0 radical (unpaired) electrons. The largest absolute Gasteiger partial charge is 0.482 e. The fraction of sp³-hybridized carbons (Fsp3) is 0.176. The van der Waals surface area contributed by atoms with Crippen LogP contribution in [0.1, 0.15) is 15.9 Å². The third kappa shape index (κ3) is 3.84. The van der Waals surface area contributed by atoms with Gasteiger partial charge in [0.05, 0.1) is 10.6 Å². The van der Waals surface area contributed by atoms with Crippen LogP contribution in [0.5, 0.6) is 5.75 Å². The molecule has 26 heavy (non-hydrogen) atoms. The first-order valence-electron chi connectivity index (χ1n) is 7.76. The van der Waals surface area contributed by atoms with E-state index in [0.29, 0.717) is 22.6 Å². The van der Waals surface area contributed by atoms with Crippen LogP contribution >= 0.6 is 0 Å². The molecule has 136 valence electrons. The first-order chi connectivity index (χ1) is 12.4. The van der Waals surface area contributed by atoms with Gasteiger partial charge in [-0.3, -0.25) is 9.59 Å². The van der Waals surface area contributed by atoms with Crippen LogP contribution < -0.4 is 20.1 Å². The van der Waals surface area contributed by atoms with Gasteiger partial charge in [-0.1, -0.05) is 12.1 Å². The van der Waals surface area contributed by atoms with E-state index in [-0.39, 0.29) is 29.9 Å². The highest BCUT2D eigenvalue weighted by molar-refractivity contribution is 7.89. The second-order valence-electron chi connectivity index (χ2n) is 5.59. The molecule has 3 rings (SSSR count). The zero-order valence-corrected chi connectivity index (χ0v) is 14.7. The van der Waals surface area contributed by atoms with Crippen LogP contribution in [-0.4, -0.2) is 33.9 Å². The van der Waals surface area contributed by atoms with Crippen molar-refractivity contribution in [1.29, 1.82) is 0 Å². The van der Waals surface area contributed by atoms with Crippen LogP contribution in [-0.2, 0) is 21.4 Å². The van der Waals surface area contributed by atoms with Crippen LogP contribution in [0.2, 0.25) is 0 Å². The topological polar surface area (TPSA) is 114 Å². The fourth-order valence-electron chi connectivity index (χ4n) is 2.45. The highest BCUT2D eigenvalue weighted by Gasteiger charge is 2.18. The Morgan fingerprint density at radius 2 is 2.04 bits per heavy atom. The number of fused-ring (bicyclic) bond motifs is 1. The van der Waals surface area contributed by atoms with E-state index in [1.54, 1.807) is 24.3 Å². The average Bonchev–Trinajstić information content (AvgIpc) is 2.65. The maximum atomic E-state index is 12.3. The third-order valence-corrected chi connectivity index (χ3v) is 5.22. The molecule has 2 aromatic rings. The first kappa shape index (κ1) is 17.9. The Bertz CT molecular complexity index is 972. The summed E-state index contributed by atoms with van der Waals surface area (Å²) in [6.07, 6.45) is 0. The van der Waals surface area contributed by atoms with Gasteiger partial charge in [-0.25, -0.2) is 13.1 Å². The predicted molar refractivity (Wildman–Crippen MR) is 94.4 cm³/mol. The van der Waals surface area contributed by atoms with E-state index in [1.165, 1.54) is 25.2 Å². The molecule has 3 N–H and O–H groups in total. The van der Waals surface area contributed by atoms with Gasteiger partial charge in [0.25, 0.3) is 11.8 Å². The maximum Gasteiger partial charge on any atom is 0.262 e. The monoisotopic (exact) mass is 375 g/mol. The summed E-state index contributed by atoms with van der Waals surface area (Å²) in [5.41, 5.74) is 1.44. The summed E-state index contributed by atoms with van der Waals surface area (Å²) in [5.74, 6) is -0.127. The smallest absolute Gasteiger partial charge is 0.262 e.